The van der Waals surface area contributed by atoms with Crippen LogP contribution in [0.2, 0.25) is 0 Å². The zero-order valence-corrected chi connectivity index (χ0v) is 11.8. The summed E-state index contributed by atoms with van der Waals surface area (Å²) in [7, 11) is 0. The lowest BCUT2D eigenvalue weighted by Gasteiger charge is -2.06. The number of pyridine rings is 1. The second kappa shape index (κ2) is 4.90. The molecule has 0 fully saturated rings. The summed E-state index contributed by atoms with van der Waals surface area (Å²) in [6.07, 6.45) is 3.34. The van der Waals surface area contributed by atoms with Crippen LogP contribution in [0.15, 0.2) is 41.9 Å². The fourth-order valence-electron chi connectivity index (χ4n) is 2.21. The van der Waals surface area contributed by atoms with Gasteiger partial charge in [-0.25, -0.2) is 9.97 Å². The predicted octanol–water partition coefficient (Wildman–Crippen LogP) is 2.13. The number of aromatic nitrogens is 3. The van der Waals surface area contributed by atoms with Crippen LogP contribution in [-0.4, -0.2) is 25.6 Å². The second-order valence-electron chi connectivity index (χ2n) is 4.93. The molecule has 3 aromatic rings. The van der Waals surface area contributed by atoms with E-state index < -0.39 is 0 Å². The lowest BCUT2D eigenvalue weighted by atomic mass is 10.1. The van der Waals surface area contributed by atoms with Crippen molar-refractivity contribution in [2.45, 2.75) is 13.8 Å². The summed E-state index contributed by atoms with van der Waals surface area (Å²) in [4.78, 5) is 8.74. The Morgan fingerprint density at radius 1 is 1.19 bits per heavy atom. The van der Waals surface area contributed by atoms with Crippen molar-refractivity contribution >= 4 is 16.9 Å². The van der Waals surface area contributed by atoms with E-state index in [1.807, 2.05) is 4.57 Å². The van der Waals surface area contributed by atoms with Crippen molar-refractivity contribution in [1.82, 2.24) is 14.5 Å². The Balaban J connectivity index is 2.19. The third-order valence-electron chi connectivity index (χ3n) is 3.56. The van der Waals surface area contributed by atoms with Crippen molar-refractivity contribution < 1.29 is 5.21 Å². The first-order valence-electron chi connectivity index (χ1n) is 6.49. The molecule has 0 spiro atoms. The molecule has 0 radical (unpaired) electrons. The number of nitrogens with zero attached hydrogens (tertiary/aromatic N) is 4. The summed E-state index contributed by atoms with van der Waals surface area (Å²) in [5, 5.41) is 11.8. The standard InChI is InChI=1S/C15H15N5O/c1-9-5-12-13(6-10(9)2)20(8-18-12)14-7-11(3-4-17-14)15(16)19-21/h3-8,21H,1-2H3,(H2,16,19). The molecule has 2 heterocycles. The molecule has 1 aromatic carbocycles. The molecule has 0 bridgehead atoms. The molecule has 3 N–H and O–H groups in total. The molecule has 0 unspecified atom stereocenters. The van der Waals surface area contributed by atoms with Crippen LogP contribution in [0.25, 0.3) is 16.9 Å². The number of imidazole rings is 1. The Bertz CT molecular complexity index is 850. The maximum Gasteiger partial charge on any atom is 0.170 e. The molecule has 0 aliphatic rings. The van der Waals surface area contributed by atoms with E-state index >= 15 is 0 Å². The smallest absolute Gasteiger partial charge is 0.170 e. The van der Waals surface area contributed by atoms with Crippen molar-refractivity contribution in [1.29, 1.82) is 0 Å². The Morgan fingerprint density at radius 2 is 1.95 bits per heavy atom. The van der Waals surface area contributed by atoms with Crippen molar-refractivity contribution in [3.8, 4) is 5.82 Å². The average molecular weight is 281 g/mol. The molecule has 6 heteroatoms. The lowest BCUT2D eigenvalue weighted by molar-refractivity contribution is 0.318. The van der Waals surface area contributed by atoms with Gasteiger partial charge in [0.15, 0.2) is 5.84 Å². The van der Waals surface area contributed by atoms with Crippen LogP contribution in [0.1, 0.15) is 16.7 Å². The van der Waals surface area contributed by atoms with Gasteiger partial charge in [0.05, 0.1) is 11.0 Å². The maximum atomic E-state index is 8.77. The number of amidine groups is 1. The number of hydrogen-bond acceptors (Lipinski definition) is 4. The number of aryl methyl sites for hydroxylation is 2. The summed E-state index contributed by atoms with van der Waals surface area (Å²) < 4.78 is 1.88. The fraction of sp³-hybridized carbons (Fsp3) is 0.133. The van der Waals surface area contributed by atoms with Gasteiger partial charge in [-0.2, -0.15) is 0 Å². The van der Waals surface area contributed by atoms with Gasteiger partial charge >= 0.3 is 0 Å². The fourth-order valence-corrected chi connectivity index (χ4v) is 2.21. The first-order chi connectivity index (χ1) is 10.1. The Morgan fingerprint density at radius 3 is 2.71 bits per heavy atom. The van der Waals surface area contributed by atoms with E-state index in [1.54, 1.807) is 24.7 Å². The zero-order chi connectivity index (χ0) is 15.0. The molecule has 106 valence electrons. The Hall–Kier alpha value is -2.89. The van der Waals surface area contributed by atoms with Gasteiger partial charge in [0.25, 0.3) is 0 Å². The molecule has 0 saturated carbocycles. The third-order valence-corrected chi connectivity index (χ3v) is 3.56. The van der Waals surface area contributed by atoms with E-state index in [2.05, 4.69) is 41.1 Å². The van der Waals surface area contributed by atoms with Crippen molar-refractivity contribution in [3.05, 3.63) is 53.5 Å². The molecule has 21 heavy (non-hydrogen) atoms. The number of rotatable bonds is 2. The average Bonchev–Trinajstić information content (AvgIpc) is 2.90. The van der Waals surface area contributed by atoms with E-state index in [-0.39, 0.29) is 5.84 Å². The largest absolute Gasteiger partial charge is 0.409 e. The Kier molecular flexibility index (Phi) is 3.06. The number of fused-ring (bicyclic) bond motifs is 1. The van der Waals surface area contributed by atoms with Gasteiger partial charge in [0, 0.05) is 11.8 Å². The normalized spacial score (nSPS) is 12.0. The SMILES string of the molecule is Cc1cc2ncn(-c3cc(/C(N)=N/O)ccn3)c2cc1C. The molecule has 6 nitrogen and oxygen atoms in total. The minimum absolute atomic E-state index is 0.0510. The first-order valence-corrected chi connectivity index (χ1v) is 6.49. The summed E-state index contributed by atoms with van der Waals surface area (Å²) >= 11 is 0. The van der Waals surface area contributed by atoms with Gasteiger partial charge in [-0.05, 0) is 49.2 Å². The van der Waals surface area contributed by atoms with Gasteiger partial charge in [0.1, 0.15) is 12.1 Å². The van der Waals surface area contributed by atoms with Crippen molar-refractivity contribution in [2.75, 3.05) is 0 Å². The highest BCUT2D eigenvalue weighted by Crippen LogP contribution is 2.21. The van der Waals surface area contributed by atoms with Crippen LogP contribution in [0.4, 0.5) is 0 Å². The lowest BCUT2D eigenvalue weighted by Crippen LogP contribution is -2.13. The van der Waals surface area contributed by atoms with Gasteiger partial charge in [-0.3, -0.25) is 4.57 Å². The van der Waals surface area contributed by atoms with E-state index in [4.69, 9.17) is 10.9 Å². The van der Waals surface area contributed by atoms with Gasteiger partial charge in [0.2, 0.25) is 0 Å². The highest BCUT2D eigenvalue weighted by Gasteiger charge is 2.09. The van der Waals surface area contributed by atoms with Gasteiger partial charge < -0.3 is 10.9 Å². The van der Waals surface area contributed by atoms with Crippen LogP contribution in [0.3, 0.4) is 0 Å². The van der Waals surface area contributed by atoms with Gasteiger partial charge in [-0.1, -0.05) is 5.16 Å². The highest BCUT2D eigenvalue weighted by atomic mass is 16.4. The van der Waals surface area contributed by atoms with Crippen LogP contribution in [-0.2, 0) is 0 Å². The minimum Gasteiger partial charge on any atom is -0.409 e. The van der Waals surface area contributed by atoms with Crippen molar-refractivity contribution in [3.63, 3.8) is 0 Å². The monoisotopic (exact) mass is 281 g/mol. The van der Waals surface area contributed by atoms with E-state index in [1.165, 1.54) is 11.1 Å². The molecule has 0 amide bonds. The summed E-state index contributed by atoms with van der Waals surface area (Å²) in [6, 6.07) is 7.57. The number of nitrogens with two attached hydrogens (primary N) is 1. The second-order valence-corrected chi connectivity index (χ2v) is 4.93. The zero-order valence-electron chi connectivity index (χ0n) is 11.8. The van der Waals surface area contributed by atoms with Crippen LogP contribution in [0, 0.1) is 13.8 Å². The molecular formula is C15H15N5O. The molecular weight excluding hydrogens is 266 g/mol. The molecule has 0 atom stereocenters. The Labute approximate surface area is 121 Å². The van der Waals surface area contributed by atoms with E-state index in [0.29, 0.717) is 11.4 Å². The molecule has 3 rings (SSSR count). The van der Waals surface area contributed by atoms with Gasteiger partial charge in [-0.15, -0.1) is 0 Å². The van der Waals surface area contributed by atoms with Crippen LogP contribution >= 0.6 is 0 Å². The first kappa shape index (κ1) is 13.1. The quantitative estimate of drug-likeness (QED) is 0.326. The summed E-state index contributed by atoms with van der Waals surface area (Å²) in [5.74, 6) is 0.722. The molecule has 0 aliphatic carbocycles. The number of oxime groups is 1. The summed E-state index contributed by atoms with van der Waals surface area (Å²) in [5.41, 5.74) is 10.5. The van der Waals surface area contributed by atoms with Crippen LogP contribution < -0.4 is 5.73 Å². The molecule has 2 aromatic heterocycles. The van der Waals surface area contributed by atoms with Crippen molar-refractivity contribution in [2.24, 2.45) is 10.9 Å². The van der Waals surface area contributed by atoms with Crippen LogP contribution in [0.5, 0.6) is 0 Å². The maximum absolute atomic E-state index is 8.77. The predicted molar refractivity (Wildman–Crippen MR) is 80.8 cm³/mol. The highest BCUT2D eigenvalue weighted by molar-refractivity contribution is 5.97. The number of hydrogen-bond donors (Lipinski definition) is 2. The topological polar surface area (TPSA) is 89.3 Å². The molecule has 0 aliphatic heterocycles. The summed E-state index contributed by atoms with van der Waals surface area (Å²) in [6.45, 7) is 4.12. The van der Waals surface area contributed by atoms with E-state index in [9.17, 15) is 0 Å². The molecule has 0 saturated heterocycles. The number of benzene rings is 1. The van der Waals surface area contributed by atoms with E-state index in [0.717, 1.165) is 11.0 Å². The third kappa shape index (κ3) is 2.20. The minimum atomic E-state index is 0.0510.